The van der Waals surface area contributed by atoms with Gasteiger partial charge in [-0.25, -0.2) is 4.79 Å². The second-order valence-electron chi connectivity index (χ2n) is 6.72. The summed E-state index contributed by atoms with van der Waals surface area (Å²) in [7, 11) is 1.44. The lowest BCUT2D eigenvalue weighted by molar-refractivity contribution is -0.141. The second kappa shape index (κ2) is 11.7. The lowest BCUT2D eigenvalue weighted by Gasteiger charge is -2.25. The van der Waals surface area contributed by atoms with Gasteiger partial charge in [0.1, 0.15) is 6.10 Å². The molecule has 31 heavy (non-hydrogen) atoms. The highest BCUT2D eigenvalue weighted by molar-refractivity contribution is 7.81. The number of methoxy groups -OCH3 is 1. The number of aromatic hydroxyl groups is 1. The van der Waals surface area contributed by atoms with Crippen LogP contribution in [0.4, 0.5) is 10.5 Å². The molecule has 0 aliphatic carbocycles. The van der Waals surface area contributed by atoms with Crippen LogP contribution in [0.25, 0.3) is 0 Å². The molecule has 0 unspecified atom stereocenters. The fourth-order valence-electron chi connectivity index (χ4n) is 2.84. The quantitative estimate of drug-likeness (QED) is 0.394. The lowest BCUT2D eigenvalue weighted by atomic mass is 9.94. The van der Waals surface area contributed by atoms with E-state index in [1.54, 1.807) is 36.4 Å². The number of hydrogen-bond acceptors (Lipinski definition) is 8. The van der Waals surface area contributed by atoms with Crippen molar-refractivity contribution in [2.45, 2.75) is 19.4 Å². The highest BCUT2D eigenvalue weighted by atomic mass is 32.1. The Balaban J connectivity index is 2.15. The van der Waals surface area contributed by atoms with Gasteiger partial charge in [0.05, 0.1) is 31.1 Å². The summed E-state index contributed by atoms with van der Waals surface area (Å²) in [6, 6.07) is 13.1. The van der Waals surface area contributed by atoms with E-state index in [1.165, 1.54) is 13.2 Å². The second-order valence-corrected chi connectivity index (χ2v) is 7.03. The van der Waals surface area contributed by atoms with Gasteiger partial charge < -0.3 is 19.3 Å². The van der Waals surface area contributed by atoms with E-state index in [4.69, 9.17) is 19.5 Å². The molecule has 0 aliphatic rings. The number of phenols is 1. The van der Waals surface area contributed by atoms with Crippen LogP contribution in [-0.2, 0) is 14.3 Å². The van der Waals surface area contributed by atoms with Crippen LogP contribution in [0.2, 0.25) is 0 Å². The summed E-state index contributed by atoms with van der Waals surface area (Å²) in [5.41, 5.74) is 1.49. The summed E-state index contributed by atoms with van der Waals surface area (Å²) in [5, 5.41) is 21.6. The Morgan fingerprint density at radius 1 is 1.23 bits per heavy atom. The zero-order chi connectivity index (χ0) is 22.8. The molecule has 0 saturated heterocycles. The standard InChI is InChI=1S/C22H24N2O6S/c1-14(9-10-29-20(26)13-31)21(16-5-8-19(28-2)18(25)11-16)30-22(27)24-17-6-3-15(12-23)4-7-17/h3-8,11,14,21,25,31H,9-10,13H2,1-2H3,(H,24,27)/t14-,21+/m1/s1. The summed E-state index contributed by atoms with van der Waals surface area (Å²) in [4.78, 5) is 23.8. The van der Waals surface area contributed by atoms with E-state index in [9.17, 15) is 14.7 Å². The fraction of sp³-hybridized carbons (Fsp3) is 0.318. The third kappa shape index (κ3) is 7.12. The molecule has 0 fully saturated rings. The van der Waals surface area contributed by atoms with Crippen molar-refractivity contribution >= 4 is 30.4 Å². The predicted octanol–water partition coefficient (Wildman–Crippen LogP) is 4.06. The third-order valence-electron chi connectivity index (χ3n) is 4.51. The Labute approximate surface area is 186 Å². The van der Waals surface area contributed by atoms with Gasteiger partial charge in [-0.05, 0) is 48.4 Å². The molecular weight excluding hydrogens is 420 g/mol. The van der Waals surface area contributed by atoms with Crippen LogP contribution in [0.3, 0.4) is 0 Å². The van der Waals surface area contributed by atoms with E-state index in [1.807, 2.05) is 13.0 Å². The van der Waals surface area contributed by atoms with Gasteiger partial charge in [0.2, 0.25) is 0 Å². The van der Waals surface area contributed by atoms with Crippen LogP contribution < -0.4 is 10.1 Å². The summed E-state index contributed by atoms with van der Waals surface area (Å²) in [6.07, 6.45) is -1.02. The van der Waals surface area contributed by atoms with Crippen molar-refractivity contribution in [3.05, 3.63) is 53.6 Å². The van der Waals surface area contributed by atoms with Crippen molar-refractivity contribution in [2.24, 2.45) is 5.92 Å². The number of ether oxygens (including phenoxy) is 3. The number of phenolic OH excluding ortho intramolecular Hbond substituents is 1. The molecule has 164 valence electrons. The molecule has 1 amide bonds. The number of anilines is 1. The van der Waals surface area contributed by atoms with Gasteiger partial charge in [-0.2, -0.15) is 17.9 Å². The summed E-state index contributed by atoms with van der Waals surface area (Å²) in [6.45, 7) is 1.98. The normalized spacial score (nSPS) is 12.2. The largest absolute Gasteiger partial charge is 0.504 e. The molecule has 0 aliphatic heterocycles. The van der Waals surface area contributed by atoms with Crippen LogP contribution in [0.5, 0.6) is 11.5 Å². The van der Waals surface area contributed by atoms with Crippen LogP contribution in [-0.4, -0.2) is 36.6 Å². The summed E-state index contributed by atoms with van der Waals surface area (Å²) in [5.74, 6) is -0.496. The van der Waals surface area contributed by atoms with E-state index >= 15 is 0 Å². The molecule has 0 spiro atoms. The number of carbonyl (C=O) groups is 2. The van der Waals surface area contributed by atoms with Crippen LogP contribution in [0.15, 0.2) is 42.5 Å². The van der Waals surface area contributed by atoms with E-state index in [2.05, 4.69) is 17.9 Å². The number of amides is 1. The van der Waals surface area contributed by atoms with Gasteiger partial charge in [-0.1, -0.05) is 13.0 Å². The first-order chi connectivity index (χ1) is 14.9. The lowest BCUT2D eigenvalue weighted by Crippen LogP contribution is -2.23. The molecule has 0 saturated carbocycles. The summed E-state index contributed by atoms with van der Waals surface area (Å²) >= 11 is 3.86. The Morgan fingerprint density at radius 3 is 2.52 bits per heavy atom. The number of nitriles is 1. The van der Waals surface area contributed by atoms with Crippen LogP contribution >= 0.6 is 12.6 Å². The Kier molecular flexibility index (Phi) is 9.03. The minimum atomic E-state index is -0.732. The molecule has 0 radical (unpaired) electrons. The SMILES string of the molecule is COc1ccc([C@@H](OC(=O)Nc2ccc(C#N)cc2)[C@H](C)CCOC(=O)CS)cc1O. The Bertz CT molecular complexity index is 942. The molecule has 0 bridgehead atoms. The third-order valence-corrected chi connectivity index (χ3v) is 4.77. The maximum atomic E-state index is 12.5. The minimum Gasteiger partial charge on any atom is -0.504 e. The smallest absolute Gasteiger partial charge is 0.412 e. The summed E-state index contributed by atoms with van der Waals surface area (Å²) < 4.78 is 15.8. The van der Waals surface area contributed by atoms with Gasteiger partial charge in [0, 0.05) is 11.6 Å². The molecule has 2 N–H and O–H groups in total. The zero-order valence-corrected chi connectivity index (χ0v) is 18.1. The van der Waals surface area contributed by atoms with Crippen molar-refractivity contribution in [1.29, 1.82) is 5.26 Å². The Hall–Kier alpha value is -3.38. The average Bonchev–Trinajstić information content (AvgIpc) is 2.77. The van der Waals surface area contributed by atoms with Crippen molar-refractivity contribution in [2.75, 3.05) is 24.8 Å². The average molecular weight is 445 g/mol. The molecule has 0 heterocycles. The van der Waals surface area contributed by atoms with Crippen LogP contribution in [0.1, 0.15) is 30.6 Å². The Morgan fingerprint density at radius 2 is 1.94 bits per heavy atom. The van der Waals surface area contributed by atoms with Gasteiger partial charge in [-0.15, -0.1) is 0 Å². The predicted molar refractivity (Wildman–Crippen MR) is 117 cm³/mol. The maximum absolute atomic E-state index is 12.5. The molecule has 0 aromatic heterocycles. The monoisotopic (exact) mass is 444 g/mol. The van der Waals surface area contributed by atoms with Crippen molar-refractivity contribution in [1.82, 2.24) is 0 Å². The van der Waals surface area contributed by atoms with Gasteiger partial charge in [0.25, 0.3) is 0 Å². The molecule has 2 atom stereocenters. The minimum absolute atomic E-state index is 0.0202. The molecule has 2 rings (SSSR count). The highest BCUT2D eigenvalue weighted by Gasteiger charge is 2.25. The number of esters is 1. The molecule has 8 nitrogen and oxygen atoms in total. The van der Waals surface area contributed by atoms with E-state index in [0.29, 0.717) is 29.0 Å². The number of benzene rings is 2. The number of nitrogens with zero attached hydrogens (tertiary/aromatic N) is 1. The van der Waals surface area contributed by atoms with E-state index in [0.717, 1.165) is 0 Å². The first-order valence-electron chi connectivity index (χ1n) is 9.49. The zero-order valence-electron chi connectivity index (χ0n) is 17.2. The number of carbonyl (C=O) groups excluding carboxylic acids is 2. The van der Waals surface area contributed by atoms with Crippen LogP contribution in [0, 0.1) is 17.2 Å². The van der Waals surface area contributed by atoms with Crippen molar-refractivity contribution in [3.8, 4) is 17.6 Å². The van der Waals surface area contributed by atoms with Crippen molar-refractivity contribution in [3.63, 3.8) is 0 Å². The topological polar surface area (TPSA) is 118 Å². The van der Waals surface area contributed by atoms with Gasteiger partial charge in [-0.3, -0.25) is 10.1 Å². The number of thiol groups is 1. The molecule has 2 aromatic carbocycles. The van der Waals surface area contributed by atoms with Gasteiger partial charge in [0.15, 0.2) is 11.5 Å². The number of nitrogens with one attached hydrogen (secondary N) is 1. The first kappa shape index (κ1) is 23.9. The number of hydrogen-bond donors (Lipinski definition) is 3. The molecule has 2 aromatic rings. The van der Waals surface area contributed by atoms with E-state index < -0.39 is 18.2 Å². The van der Waals surface area contributed by atoms with Gasteiger partial charge >= 0.3 is 12.1 Å². The number of rotatable bonds is 9. The van der Waals surface area contributed by atoms with E-state index in [-0.39, 0.29) is 24.0 Å². The maximum Gasteiger partial charge on any atom is 0.412 e. The van der Waals surface area contributed by atoms with Crippen molar-refractivity contribution < 1.29 is 28.9 Å². The fourth-order valence-corrected chi connectivity index (χ4v) is 2.93. The highest BCUT2D eigenvalue weighted by Crippen LogP contribution is 2.35. The first-order valence-corrected chi connectivity index (χ1v) is 10.1. The molecular formula is C22H24N2O6S. The molecule has 9 heteroatoms.